The van der Waals surface area contributed by atoms with Gasteiger partial charge >= 0.3 is 5.51 Å². The van der Waals surface area contributed by atoms with Crippen LogP contribution in [0.1, 0.15) is 31.9 Å². The highest BCUT2D eigenvalue weighted by Gasteiger charge is 2.31. The van der Waals surface area contributed by atoms with Crippen molar-refractivity contribution in [1.82, 2.24) is 10.2 Å². The zero-order valence-electron chi connectivity index (χ0n) is 14.2. The van der Waals surface area contributed by atoms with Crippen molar-refractivity contribution in [2.45, 2.75) is 36.7 Å². The highest BCUT2D eigenvalue weighted by Crippen LogP contribution is 2.41. The van der Waals surface area contributed by atoms with Gasteiger partial charge in [0.25, 0.3) is 0 Å². The van der Waals surface area contributed by atoms with Gasteiger partial charge in [-0.3, -0.25) is 4.90 Å². The first-order chi connectivity index (χ1) is 10.8. The third-order valence-electron chi connectivity index (χ3n) is 3.88. The number of nitrogens with one attached hydrogen (secondary N) is 1. The van der Waals surface area contributed by atoms with Crippen molar-refractivity contribution in [1.29, 1.82) is 0 Å². The summed E-state index contributed by atoms with van der Waals surface area (Å²) >= 11 is -0.135. The van der Waals surface area contributed by atoms with Gasteiger partial charge in [-0.15, -0.1) is 24.8 Å². The van der Waals surface area contributed by atoms with Crippen molar-refractivity contribution >= 4 is 36.6 Å². The highest BCUT2D eigenvalue weighted by atomic mass is 35.5. The van der Waals surface area contributed by atoms with E-state index in [1.807, 2.05) is 0 Å². The molecule has 3 nitrogen and oxygen atoms in total. The van der Waals surface area contributed by atoms with Crippen molar-refractivity contribution < 1.29 is 18.3 Å². The topological polar surface area (TPSA) is 35.5 Å². The van der Waals surface area contributed by atoms with Gasteiger partial charge in [-0.1, -0.05) is 13.8 Å². The van der Waals surface area contributed by atoms with Gasteiger partial charge in [0.15, 0.2) is 0 Å². The predicted molar refractivity (Wildman–Crippen MR) is 101 cm³/mol. The lowest BCUT2D eigenvalue weighted by Crippen LogP contribution is -2.45. The van der Waals surface area contributed by atoms with Crippen molar-refractivity contribution in [3.63, 3.8) is 0 Å². The summed E-state index contributed by atoms with van der Waals surface area (Å²) in [6.45, 7) is 7.53. The Labute approximate surface area is 163 Å². The molecule has 1 aromatic carbocycles. The maximum atomic E-state index is 12.6. The van der Waals surface area contributed by atoms with Crippen LogP contribution in [0, 0.1) is 5.92 Å². The molecule has 0 saturated carbocycles. The molecule has 25 heavy (non-hydrogen) atoms. The van der Waals surface area contributed by atoms with Crippen LogP contribution in [-0.4, -0.2) is 41.7 Å². The van der Waals surface area contributed by atoms with Crippen LogP contribution in [0.5, 0.6) is 5.75 Å². The number of halogens is 5. The largest absolute Gasteiger partial charge is 0.508 e. The highest BCUT2D eigenvalue weighted by molar-refractivity contribution is 8.00. The van der Waals surface area contributed by atoms with E-state index in [1.165, 1.54) is 18.2 Å². The molecule has 0 unspecified atom stereocenters. The number of thioether (sulfide) groups is 1. The summed E-state index contributed by atoms with van der Waals surface area (Å²) < 4.78 is 37.9. The molecule has 1 saturated heterocycles. The minimum absolute atomic E-state index is 0. The van der Waals surface area contributed by atoms with Crippen LogP contribution in [0.3, 0.4) is 0 Å². The summed E-state index contributed by atoms with van der Waals surface area (Å²) in [6.07, 6.45) is 0.799. The number of alkyl halides is 3. The van der Waals surface area contributed by atoms with Gasteiger partial charge in [0.05, 0.1) is 0 Å². The monoisotopic (exact) mass is 420 g/mol. The van der Waals surface area contributed by atoms with Gasteiger partial charge in [-0.2, -0.15) is 13.2 Å². The second-order valence-corrected chi connectivity index (χ2v) is 7.34. The van der Waals surface area contributed by atoms with E-state index in [9.17, 15) is 18.3 Å². The Morgan fingerprint density at radius 1 is 1.20 bits per heavy atom. The molecule has 2 N–H and O–H groups in total. The van der Waals surface area contributed by atoms with Crippen LogP contribution in [0.15, 0.2) is 23.1 Å². The molecule has 1 aliphatic rings. The van der Waals surface area contributed by atoms with Crippen LogP contribution < -0.4 is 5.32 Å². The lowest BCUT2D eigenvalue weighted by molar-refractivity contribution is -0.0328. The molecule has 1 aromatic rings. The molecule has 0 spiro atoms. The van der Waals surface area contributed by atoms with E-state index in [-0.39, 0.29) is 53.3 Å². The van der Waals surface area contributed by atoms with Gasteiger partial charge in [-0.25, -0.2) is 0 Å². The molecule has 0 bridgehead atoms. The molecule has 1 heterocycles. The maximum Gasteiger partial charge on any atom is 0.446 e. The Hall–Kier alpha value is -0.340. The zero-order chi connectivity index (χ0) is 17.0. The predicted octanol–water partition coefficient (Wildman–Crippen LogP) is 4.84. The summed E-state index contributed by atoms with van der Waals surface area (Å²) in [7, 11) is 0. The third kappa shape index (κ3) is 7.83. The number of phenolic OH excluding ortho intramolecular Hbond substituents is 1. The van der Waals surface area contributed by atoms with E-state index in [0.717, 1.165) is 32.6 Å². The van der Waals surface area contributed by atoms with Gasteiger partial charge in [0.2, 0.25) is 0 Å². The molecule has 0 aromatic heterocycles. The first kappa shape index (κ1) is 24.7. The van der Waals surface area contributed by atoms with Crippen LogP contribution in [0.4, 0.5) is 13.2 Å². The minimum atomic E-state index is -4.32. The van der Waals surface area contributed by atoms with Crippen molar-refractivity contribution in [3.05, 3.63) is 23.8 Å². The summed E-state index contributed by atoms with van der Waals surface area (Å²) in [5.74, 6) is 0.453. The maximum absolute atomic E-state index is 12.6. The molecular formula is C16H25Cl2F3N2OS. The second kappa shape index (κ2) is 10.7. The van der Waals surface area contributed by atoms with Crippen molar-refractivity contribution in [2.24, 2.45) is 5.92 Å². The van der Waals surface area contributed by atoms with Gasteiger partial charge in [-0.05, 0) is 42.3 Å². The van der Waals surface area contributed by atoms with Gasteiger partial charge < -0.3 is 10.4 Å². The Bertz CT molecular complexity index is 527. The fraction of sp³-hybridized carbons (Fsp3) is 0.625. The van der Waals surface area contributed by atoms with E-state index in [2.05, 4.69) is 24.1 Å². The molecule has 146 valence electrons. The zero-order valence-corrected chi connectivity index (χ0v) is 16.6. The van der Waals surface area contributed by atoms with Crippen molar-refractivity contribution in [3.8, 4) is 5.75 Å². The summed E-state index contributed by atoms with van der Waals surface area (Å²) in [5.41, 5.74) is -3.73. The van der Waals surface area contributed by atoms with Gasteiger partial charge in [0.1, 0.15) is 5.75 Å². The smallest absolute Gasteiger partial charge is 0.446 e. The van der Waals surface area contributed by atoms with E-state index in [0.29, 0.717) is 11.5 Å². The number of aromatic hydroxyl groups is 1. The van der Waals surface area contributed by atoms with E-state index >= 15 is 0 Å². The number of phenols is 1. The van der Waals surface area contributed by atoms with E-state index in [1.54, 1.807) is 0 Å². The molecule has 1 fully saturated rings. The molecular weight excluding hydrogens is 396 g/mol. The second-order valence-electron chi connectivity index (χ2n) is 6.20. The third-order valence-corrected chi connectivity index (χ3v) is 4.60. The number of hydrogen-bond acceptors (Lipinski definition) is 4. The standard InChI is InChI=1S/C16H23F3N2OS.2ClH/c1-11(2)9-14(21-7-5-20-6-8-21)13-10-12(3-4-15(13)22)23-16(17,18)19;;/h3-4,10-11,14,20,22H,5-9H2,1-2H3;2*1H/t14-;;/m0../s1. The van der Waals surface area contributed by atoms with E-state index < -0.39 is 5.51 Å². The van der Waals surface area contributed by atoms with Gasteiger partial charge in [0, 0.05) is 42.7 Å². The minimum Gasteiger partial charge on any atom is -0.508 e. The fourth-order valence-corrected chi connectivity index (χ4v) is 3.50. The average Bonchev–Trinajstić information content (AvgIpc) is 2.46. The number of piperazine rings is 1. The number of hydrogen-bond donors (Lipinski definition) is 2. The summed E-state index contributed by atoms with van der Waals surface area (Å²) in [6, 6.07) is 4.12. The quantitative estimate of drug-likeness (QED) is 0.667. The number of rotatable bonds is 5. The van der Waals surface area contributed by atoms with Crippen LogP contribution in [-0.2, 0) is 0 Å². The fourth-order valence-electron chi connectivity index (χ4n) is 2.91. The Kier molecular flexibility index (Phi) is 10.6. The normalized spacial score (nSPS) is 16.9. The summed E-state index contributed by atoms with van der Waals surface area (Å²) in [4.78, 5) is 2.36. The Morgan fingerprint density at radius 3 is 2.32 bits per heavy atom. The molecule has 2 rings (SSSR count). The molecule has 1 aliphatic heterocycles. The Balaban J connectivity index is 0.00000288. The number of benzene rings is 1. The first-order valence-corrected chi connectivity index (χ1v) is 8.61. The lowest BCUT2D eigenvalue weighted by Gasteiger charge is -2.36. The van der Waals surface area contributed by atoms with Crippen LogP contribution in [0.25, 0.3) is 0 Å². The Morgan fingerprint density at radius 2 is 1.80 bits per heavy atom. The molecule has 1 atom stereocenters. The van der Waals surface area contributed by atoms with Crippen LogP contribution >= 0.6 is 36.6 Å². The molecule has 9 heteroatoms. The number of nitrogens with zero attached hydrogens (tertiary/aromatic N) is 1. The molecule has 0 aliphatic carbocycles. The first-order valence-electron chi connectivity index (χ1n) is 7.79. The van der Waals surface area contributed by atoms with E-state index in [4.69, 9.17) is 0 Å². The molecule has 0 amide bonds. The summed E-state index contributed by atoms with van der Waals surface area (Å²) in [5, 5.41) is 13.5. The lowest BCUT2D eigenvalue weighted by atomic mass is 9.94. The average molecular weight is 421 g/mol. The molecule has 0 radical (unpaired) electrons. The van der Waals surface area contributed by atoms with Crippen LogP contribution in [0.2, 0.25) is 0 Å². The SMILES string of the molecule is CC(C)C[C@@H](c1cc(SC(F)(F)F)ccc1O)N1CCNCC1.Cl.Cl. The van der Waals surface area contributed by atoms with Crippen molar-refractivity contribution in [2.75, 3.05) is 26.2 Å².